The van der Waals surface area contributed by atoms with E-state index in [1.165, 1.54) is 5.56 Å². The number of aliphatic hydroxyl groups is 1. The van der Waals surface area contributed by atoms with Gasteiger partial charge < -0.3 is 9.84 Å². The standard InChI is InChI=1S/C17H23NO2/c1-14-11-18(13-17(2,3)20-14)12-16-8-5-4-7-15(16)9-6-10-19/h4-5,7-8,14,19H,10-13H2,1-3H3. The van der Waals surface area contributed by atoms with Crippen LogP contribution in [0.25, 0.3) is 0 Å². The van der Waals surface area contributed by atoms with Crippen molar-refractivity contribution in [3.63, 3.8) is 0 Å². The molecule has 1 atom stereocenters. The average molecular weight is 273 g/mol. The van der Waals surface area contributed by atoms with Gasteiger partial charge in [-0.3, -0.25) is 4.90 Å². The Labute approximate surface area is 121 Å². The topological polar surface area (TPSA) is 32.7 Å². The molecule has 3 nitrogen and oxygen atoms in total. The van der Waals surface area contributed by atoms with E-state index in [2.05, 4.69) is 43.6 Å². The molecule has 1 heterocycles. The molecule has 108 valence electrons. The molecule has 2 rings (SSSR count). The van der Waals surface area contributed by atoms with Gasteiger partial charge in [0.2, 0.25) is 0 Å². The summed E-state index contributed by atoms with van der Waals surface area (Å²) in [7, 11) is 0. The molecule has 0 spiro atoms. The van der Waals surface area contributed by atoms with E-state index < -0.39 is 0 Å². The predicted octanol–water partition coefficient (Wildman–Crippen LogP) is 2.03. The van der Waals surface area contributed by atoms with Gasteiger partial charge in [0.25, 0.3) is 0 Å². The number of aliphatic hydroxyl groups excluding tert-OH is 1. The van der Waals surface area contributed by atoms with E-state index in [0.717, 1.165) is 25.2 Å². The van der Waals surface area contributed by atoms with Gasteiger partial charge in [-0.1, -0.05) is 30.0 Å². The van der Waals surface area contributed by atoms with Crippen molar-refractivity contribution in [3.05, 3.63) is 35.4 Å². The number of nitrogens with zero attached hydrogens (tertiary/aromatic N) is 1. The maximum absolute atomic E-state index is 8.84. The first-order chi connectivity index (χ1) is 9.50. The molecule has 1 unspecified atom stereocenters. The number of benzene rings is 1. The van der Waals surface area contributed by atoms with Crippen LogP contribution in [0.5, 0.6) is 0 Å². The summed E-state index contributed by atoms with van der Waals surface area (Å²) >= 11 is 0. The van der Waals surface area contributed by atoms with Crippen molar-refractivity contribution in [2.75, 3.05) is 19.7 Å². The predicted molar refractivity (Wildman–Crippen MR) is 80.3 cm³/mol. The Morgan fingerprint density at radius 1 is 1.40 bits per heavy atom. The van der Waals surface area contributed by atoms with E-state index in [4.69, 9.17) is 9.84 Å². The molecule has 0 radical (unpaired) electrons. The minimum absolute atomic E-state index is 0.101. The Morgan fingerprint density at radius 2 is 2.15 bits per heavy atom. The molecule has 1 saturated heterocycles. The zero-order chi connectivity index (χ0) is 14.6. The molecule has 1 aliphatic heterocycles. The van der Waals surface area contributed by atoms with E-state index in [-0.39, 0.29) is 18.3 Å². The summed E-state index contributed by atoms with van der Waals surface area (Å²) in [6.45, 7) is 9.00. The van der Waals surface area contributed by atoms with Gasteiger partial charge in [0, 0.05) is 25.2 Å². The van der Waals surface area contributed by atoms with E-state index >= 15 is 0 Å². The van der Waals surface area contributed by atoms with Crippen LogP contribution in [0.3, 0.4) is 0 Å². The molecule has 0 saturated carbocycles. The van der Waals surface area contributed by atoms with Crippen molar-refractivity contribution in [1.82, 2.24) is 4.90 Å². The lowest BCUT2D eigenvalue weighted by Gasteiger charge is -2.41. The largest absolute Gasteiger partial charge is 0.384 e. The molecule has 1 aliphatic rings. The number of hydrogen-bond donors (Lipinski definition) is 1. The second kappa shape index (κ2) is 6.41. The van der Waals surface area contributed by atoms with Crippen molar-refractivity contribution in [2.24, 2.45) is 0 Å². The molecule has 1 aromatic rings. The average Bonchev–Trinajstić information content (AvgIpc) is 2.35. The number of morpholine rings is 1. The third-order valence-corrected chi connectivity index (χ3v) is 3.35. The lowest BCUT2D eigenvalue weighted by molar-refractivity contribution is -0.130. The van der Waals surface area contributed by atoms with Crippen LogP contribution in [0.1, 0.15) is 31.9 Å². The SMILES string of the molecule is CC1CN(Cc2ccccc2C#CCO)CC(C)(C)O1. The summed E-state index contributed by atoms with van der Waals surface area (Å²) in [5, 5.41) is 8.84. The molecule has 3 heteroatoms. The Hall–Kier alpha value is -1.34. The van der Waals surface area contributed by atoms with Gasteiger partial charge in [-0.05, 0) is 32.4 Å². The molecule has 0 aromatic heterocycles. The van der Waals surface area contributed by atoms with E-state index in [1.807, 2.05) is 18.2 Å². The zero-order valence-corrected chi connectivity index (χ0v) is 12.5. The molecule has 1 N–H and O–H groups in total. The first-order valence-electron chi connectivity index (χ1n) is 7.08. The molecular formula is C17H23NO2. The monoisotopic (exact) mass is 273 g/mol. The first-order valence-corrected chi connectivity index (χ1v) is 7.08. The van der Waals surface area contributed by atoms with Crippen LogP contribution in [0.2, 0.25) is 0 Å². The molecule has 20 heavy (non-hydrogen) atoms. The highest BCUT2D eigenvalue weighted by atomic mass is 16.5. The number of hydrogen-bond acceptors (Lipinski definition) is 3. The van der Waals surface area contributed by atoms with Gasteiger partial charge in [0.1, 0.15) is 6.61 Å². The highest BCUT2D eigenvalue weighted by molar-refractivity contribution is 5.41. The van der Waals surface area contributed by atoms with Crippen LogP contribution in [0, 0.1) is 11.8 Å². The Bertz CT molecular complexity index is 513. The first kappa shape index (κ1) is 15.1. The number of rotatable bonds is 2. The smallest absolute Gasteiger partial charge is 0.104 e. The summed E-state index contributed by atoms with van der Waals surface area (Å²) < 4.78 is 5.93. The zero-order valence-electron chi connectivity index (χ0n) is 12.5. The highest BCUT2D eigenvalue weighted by Crippen LogP contribution is 2.23. The van der Waals surface area contributed by atoms with Gasteiger partial charge in [0.15, 0.2) is 0 Å². The normalized spacial score (nSPS) is 22.1. The van der Waals surface area contributed by atoms with Gasteiger partial charge in [-0.15, -0.1) is 0 Å². The lowest BCUT2D eigenvalue weighted by Crippen LogP contribution is -2.51. The van der Waals surface area contributed by atoms with E-state index in [0.29, 0.717) is 0 Å². The lowest BCUT2D eigenvalue weighted by atomic mass is 10.0. The van der Waals surface area contributed by atoms with Crippen molar-refractivity contribution < 1.29 is 9.84 Å². The number of ether oxygens (including phenoxy) is 1. The molecule has 1 fully saturated rings. The Morgan fingerprint density at radius 3 is 2.85 bits per heavy atom. The quantitative estimate of drug-likeness (QED) is 0.837. The Kier molecular flexibility index (Phi) is 4.82. The summed E-state index contributed by atoms with van der Waals surface area (Å²) in [6.07, 6.45) is 0.245. The van der Waals surface area contributed by atoms with E-state index in [1.54, 1.807) is 0 Å². The van der Waals surface area contributed by atoms with Crippen molar-refractivity contribution >= 4 is 0 Å². The van der Waals surface area contributed by atoms with Crippen molar-refractivity contribution in [2.45, 2.75) is 39.0 Å². The second-order valence-electron chi connectivity index (χ2n) is 5.97. The highest BCUT2D eigenvalue weighted by Gasteiger charge is 2.31. The maximum atomic E-state index is 8.84. The fourth-order valence-electron chi connectivity index (χ4n) is 2.86. The third-order valence-electron chi connectivity index (χ3n) is 3.35. The van der Waals surface area contributed by atoms with Gasteiger partial charge >= 0.3 is 0 Å². The van der Waals surface area contributed by atoms with Crippen molar-refractivity contribution in [3.8, 4) is 11.8 Å². The van der Waals surface area contributed by atoms with Crippen LogP contribution in [-0.2, 0) is 11.3 Å². The van der Waals surface area contributed by atoms with Crippen LogP contribution in [0.4, 0.5) is 0 Å². The van der Waals surface area contributed by atoms with E-state index in [9.17, 15) is 0 Å². The summed E-state index contributed by atoms with van der Waals surface area (Å²) in [4.78, 5) is 2.41. The van der Waals surface area contributed by atoms with Gasteiger partial charge in [-0.25, -0.2) is 0 Å². The summed E-state index contributed by atoms with van der Waals surface area (Å²) in [5.41, 5.74) is 2.10. The van der Waals surface area contributed by atoms with Crippen LogP contribution in [-0.4, -0.2) is 41.4 Å². The summed E-state index contributed by atoms with van der Waals surface area (Å²) in [5.74, 6) is 5.76. The van der Waals surface area contributed by atoms with Crippen LogP contribution >= 0.6 is 0 Å². The molecule has 1 aromatic carbocycles. The van der Waals surface area contributed by atoms with Crippen LogP contribution < -0.4 is 0 Å². The van der Waals surface area contributed by atoms with Gasteiger partial charge in [0.05, 0.1) is 11.7 Å². The third kappa shape index (κ3) is 4.08. The van der Waals surface area contributed by atoms with Crippen molar-refractivity contribution in [1.29, 1.82) is 0 Å². The fraction of sp³-hybridized carbons (Fsp3) is 0.529. The molecule has 0 bridgehead atoms. The molecule has 0 amide bonds. The minimum Gasteiger partial charge on any atom is -0.384 e. The molecule has 0 aliphatic carbocycles. The van der Waals surface area contributed by atoms with Gasteiger partial charge in [-0.2, -0.15) is 0 Å². The Balaban J connectivity index is 2.13. The summed E-state index contributed by atoms with van der Waals surface area (Å²) in [6, 6.07) is 8.13. The second-order valence-corrected chi connectivity index (χ2v) is 5.97. The minimum atomic E-state index is -0.108. The molecular weight excluding hydrogens is 250 g/mol. The van der Waals surface area contributed by atoms with Crippen LogP contribution in [0.15, 0.2) is 24.3 Å². The fourth-order valence-corrected chi connectivity index (χ4v) is 2.86. The maximum Gasteiger partial charge on any atom is 0.104 e.